The van der Waals surface area contributed by atoms with Crippen molar-refractivity contribution in [2.45, 2.75) is 13.8 Å². The topological polar surface area (TPSA) is 9.23 Å². The fourth-order valence-corrected chi connectivity index (χ4v) is 0.363. The van der Waals surface area contributed by atoms with Crippen LogP contribution in [-0.2, 0) is 4.74 Å². The molecule has 0 N–H and O–H groups in total. The highest BCUT2D eigenvalue weighted by Crippen LogP contribution is 1.87. The van der Waals surface area contributed by atoms with Crippen LogP contribution in [0.4, 0.5) is 4.39 Å². The number of hydrogen-bond donors (Lipinski definition) is 0. The highest BCUT2D eigenvalue weighted by atomic mass is 19.1. The van der Waals surface area contributed by atoms with Gasteiger partial charge in [-0.25, -0.2) is 4.39 Å². The van der Waals surface area contributed by atoms with Crippen molar-refractivity contribution >= 4 is 0 Å². The van der Waals surface area contributed by atoms with Crippen LogP contribution in [0.2, 0.25) is 0 Å². The smallest absolute Gasteiger partial charge is 0.113 e. The van der Waals surface area contributed by atoms with Crippen molar-refractivity contribution in [2.75, 3.05) is 19.9 Å². The van der Waals surface area contributed by atoms with E-state index in [1.54, 1.807) is 0 Å². The van der Waals surface area contributed by atoms with E-state index in [1.807, 2.05) is 19.9 Å². The van der Waals surface area contributed by atoms with E-state index in [2.05, 4.69) is 0 Å². The van der Waals surface area contributed by atoms with Crippen molar-refractivity contribution in [1.29, 1.82) is 0 Å². The minimum Gasteiger partial charge on any atom is -0.375 e. The number of rotatable bonds is 4. The lowest BCUT2D eigenvalue weighted by Gasteiger charge is -1.94. The predicted octanol–water partition coefficient (Wildman–Crippen LogP) is 1.94. The van der Waals surface area contributed by atoms with Crippen LogP contribution < -0.4 is 0 Å². The maximum atomic E-state index is 11.4. The molecule has 0 aromatic carbocycles. The molecule has 0 aromatic heterocycles. The van der Waals surface area contributed by atoms with Crippen LogP contribution >= 0.6 is 0 Å². The van der Waals surface area contributed by atoms with Gasteiger partial charge in [0.1, 0.15) is 6.67 Å². The summed E-state index contributed by atoms with van der Waals surface area (Å²) in [6.07, 6.45) is 1.93. The van der Waals surface area contributed by atoms with Gasteiger partial charge in [-0.15, -0.1) is 0 Å². The molecular weight excluding hydrogens is 119 g/mol. The monoisotopic (exact) mass is 132 g/mol. The van der Waals surface area contributed by atoms with Crippen molar-refractivity contribution in [3.63, 3.8) is 0 Å². The van der Waals surface area contributed by atoms with Gasteiger partial charge in [0.05, 0.1) is 13.2 Å². The Morgan fingerprint density at radius 1 is 1.56 bits per heavy atom. The third-order valence-corrected chi connectivity index (χ3v) is 0.831. The van der Waals surface area contributed by atoms with Crippen LogP contribution in [0.3, 0.4) is 0 Å². The molecule has 0 aliphatic heterocycles. The lowest BCUT2D eigenvalue weighted by molar-refractivity contribution is 0.143. The van der Waals surface area contributed by atoms with Gasteiger partial charge in [0.15, 0.2) is 0 Å². The second kappa shape index (κ2) is 5.76. The molecule has 1 nitrogen and oxygen atoms in total. The number of halogens is 1. The van der Waals surface area contributed by atoms with Crippen LogP contribution in [0.15, 0.2) is 11.6 Å². The molecule has 0 aromatic rings. The molecule has 0 fully saturated rings. The third kappa shape index (κ3) is 7.63. The Morgan fingerprint density at radius 2 is 2.22 bits per heavy atom. The molecule has 0 unspecified atom stereocenters. The molecule has 0 amide bonds. The van der Waals surface area contributed by atoms with E-state index in [9.17, 15) is 4.39 Å². The van der Waals surface area contributed by atoms with Gasteiger partial charge in [0, 0.05) is 0 Å². The minimum absolute atomic E-state index is 0.212. The Balaban J connectivity index is 3.00. The normalized spacial score (nSPS) is 9.22. The first-order chi connectivity index (χ1) is 4.27. The molecule has 9 heavy (non-hydrogen) atoms. The highest BCUT2D eigenvalue weighted by molar-refractivity contribution is 4.92. The molecule has 0 saturated carbocycles. The van der Waals surface area contributed by atoms with Gasteiger partial charge in [-0.1, -0.05) is 11.6 Å². The number of ether oxygens (including phenoxy) is 1. The molecular formula is C7H13FO. The van der Waals surface area contributed by atoms with Crippen molar-refractivity contribution in [3.8, 4) is 0 Å². The molecule has 0 radical (unpaired) electrons. The molecule has 0 saturated heterocycles. The van der Waals surface area contributed by atoms with Gasteiger partial charge in [-0.3, -0.25) is 0 Å². The second-order valence-corrected chi connectivity index (χ2v) is 2.05. The first-order valence-electron chi connectivity index (χ1n) is 3.04. The van der Waals surface area contributed by atoms with Crippen LogP contribution in [-0.4, -0.2) is 19.9 Å². The molecule has 0 aliphatic carbocycles. The summed E-state index contributed by atoms with van der Waals surface area (Å²) in [7, 11) is 0. The van der Waals surface area contributed by atoms with Crippen LogP contribution in [0.1, 0.15) is 13.8 Å². The Bertz CT molecular complexity index is 84.9. The fraction of sp³-hybridized carbons (Fsp3) is 0.714. The van der Waals surface area contributed by atoms with E-state index in [4.69, 9.17) is 4.74 Å². The fourth-order valence-electron chi connectivity index (χ4n) is 0.363. The molecule has 2 heteroatoms. The number of alkyl halides is 1. The zero-order valence-corrected chi connectivity index (χ0v) is 5.98. The average molecular weight is 132 g/mol. The summed E-state index contributed by atoms with van der Waals surface area (Å²) in [6, 6.07) is 0. The first kappa shape index (κ1) is 8.63. The van der Waals surface area contributed by atoms with Gasteiger partial charge in [-0.2, -0.15) is 0 Å². The van der Waals surface area contributed by atoms with Crippen molar-refractivity contribution < 1.29 is 9.13 Å². The number of hydrogen-bond acceptors (Lipinski definition) is 1. The summed E-state index contributed by atoms with van der Waals surface area (Å²) in [5, 5.41) is 0. The maximum absolute atomic E-state index is 11.4. The van der Waals surface area contributed by atoms with Crippen LogP contribution in [0.25, 0.3) is 0 Å². The standard InChI is InChI=1S/C7H13FO/c1-7(2)3-5-9-6-4-8/h3H,4-6H2,1-2H3. The van der Waals surface area contributed by atoms with Crippen LogP contribution in [0, 0.1) is 0 Å². The van der Waals surface area contributed by atoms with E-state index >= 15 is 0 Å². The van der Waals surface area contributed by atoms with E-state index < -0.39 is 6.67 Å². The zero-order chi connectivity index (χ0) is 7.11. The SMILES string of the molecule is CC(C)=CCOCCF. The lowest BCUT2D eigenvalue weighted by Crippen LogP contribution is -1.95. The molecule has 0 aliphatic rings. The van der Waals surface area contributed by atoms with Gasteiger partial charge in [0.2, 0.25) is 0 Å². The Hall–Kier alpha value is -0.370. The van der Waals surface area contributed by atoms with Gasteiger partial charge in [-0.05, 0) is 13.8 Å². The van der Waals surface area contributed by atoms with Gasteiger partial charge < -0.3 is 4.74 Å². The quantitative estimate of drug-likeness (QED) is 0.419. The van der Waals surface area contributed by atoms with Gasteiger partial charge in [0.25, 0.3) is 0 Å². The lowest BCUT2D eigenvalue weighted by atomic mass is 10.3. The summed E-state index contributed by atoms with van der Waals surface area (Å²) in [5.74, 6) is 0. The van der Waals surface area contributed by atoms with Crippen LogP contribution in [0.5, 0.6) is 0 Å². The number of allylic oxidation sites excluding steroid dienone is 1. The van der Waals surface area contributed by atoms with Crippen molar-refractivity contribution in [3.05, 3.63) is 11.6 Å². The molecule has 0 rings (SSSR count). The van der Waals surface area contributed by atoms with E-state index in [0.717, 1.165) is 0 Å². The Kier molecular flexibility index (Phi) is 5.52. The van der Waals surface area contributed by atoms with Gasteiger partial charge >= 0.3 is 0 Å². The third-order valence-electron chi connectivity index (χ3n) is 0.831. The molecule has 0 heterocycles. The first-order valence-corrected chi connectivity index (χ1v) is 3.04. The maximum Gasteiger partial charge on any atom is 0.113 e. The summed E-state index contributed by atoms with van der Waals surface area (Å²) in [4.78, 5) is 0. The van der Waals surface area contributed by atoms with Crippen molar-refractivity contribution in [1.82, 2.24) is 0 Å². The zero-order valence-electron chi connectivity index (χ0n) is 5.98. The molecule has 54 valence electrons. The summed E-state index contributed by atoms with van der Waals surface area (Å²) < 4.78 is 16.2. The largest absolute Gasteiger partial charge is 0.375 e. The Labute approximate surface area is 55.5 Å². The Morgan fingerprint density at radius 3 is 2.67 bits per heavy atom. The summed E-state index contributed by atoms with van der Waals surface area (Å²) >= 11 is 0. The molecule has 0 bridgehead atoms. The summed E-state index contributed by atoms with van der Waals surface area (Å²) in [5.41, 5.74) is 1.20. The minimum atomic E-state index is -0.392. The average Bonchev–Trinajstić information content (AvgIpc) is 1.80. The highest BCUT2D eigenvalue weighted by Gasteiger charge is 1.81. The molecule has 0 spiro atoms. The van der Waals surface area contributed by atoms with E-state index in [-0.39, 0.29) is 6.61 Å². The second-order valence-electron chi connectivity index (χ2n) is 2.05. The van der Waals surface area contributed by atoms with E-state index in [0.29, 0.717) is 6.61 Å². The van der Waals surface area contributed by atoms with E-state index in [1.165, 1.54) is 5.57 Å². The predicted molar refractivity (Wildman–Crippen MR) is 36.2 cm³/mol. The van der Waals surface area contributed by atoms with Crippen molar-refractivity contribution in [2.24, 2.45) is 0 Å². The molecule has 0 atom stereocenters. The summed E-state index contributed by atoms with van der Waals surface area (Å²) in [6.45, 7) is 4.32.